The maximum absolute atomic E-state index is 12.6. The molecular weight excluding hydrogens is 229 g/mol. The maximum atomic E-state index is 12.6. The molecule has 0 aliphatic rings. The largest absolute Gasteiger partial charge is 0.398 e. The summed E-state index contributed by atoms with van der Waals surface area (Å²) in [6, 6.07) is 12.5. The number of carbonyl (C=O) groups excluding carboxylic acids is 1. The predicted molar refractivity (Wildman–Crippen MR) is 71.7 cm³/mol. The molecule has 2 N–H and O–H groups in total. The fourth-order valence-corrected chi connectivity index (χ4v) is 1.59. The van der Waals surface area contributed by atoms with Gasteiger partial charge < -0.3 is 5.73 Å². The highest BCUT2D eigenvalue weighted by atomic mass is 19.1. The van der Waals surface area contributed by atoms with Crippen LogP contribution in [0.15, 0.2) is 48.5 Å². The summed E-state index contributed by atoms with van der Waals surface area (Å²) in [4.78, 5) is 10.7. The number of hydrogen-bond donors (Lipinski definition) is 1. The van der Waals surface area contributed by atoms with Crippen LogP contribution < -0.4 is 5.73 Å². The van der Waals surface area contributed by atoms with Crippen LogP contribution in [0.5, 0.6) is 0 Å². The van der Waals surface area contributed by atoms with Gasteiger partial charge in [-0.25, -0.2) is 0 Å². The van der Waals surface area contributed by atoms with E-state index in [9.17, 15) is 9.18 Å². The fourth-order valence-electron chi connectivity index (χ4n) is 1.59. The van der Waals surface area contributed by atoms with E-state index in [2.05, 4.69) is 0 Å². The van der Waals surface area contributed by atoms with Crippen molar-refractivity contribution in [1.82, 2.24) is 0 Å². The maximum Gasteiger partial charge on any atom is 0.332 e. The van der Waals surface area contributed by atoms with Gasteiger partial charge in [0.2, 0.25) is 0 Å². The highest BCUT2D eigenvalue weighted by molar-refractivity contribution is 5.91. The van der Waals surface area contributed by atoms with E-state index in [-0.39, 0.29) is 5.56 Å². The van der Waals surface area contributed by atoms with Crippen molar-refractivity contribution in [1.29, 1.82) is 0 Å². The summed E-state index contributed by atoms with van der Waals surface area (Å²) in [5.74, 6) is 0. The van der Waals surface area contributed by atoms with Crippen LogP contribution >= 0.6 is 0 Å². The number of carbonyl (C=O) groups is 1. The minimum absolute atomic E-state index is 0.0110. The van der Waals surface area contributed by atoms with Gasteiger partial charge in [-0.2, -0.15) is 4.39 Å². The first-order valence-electron chi connectivity index (χ1n) is 5.49. The Morgan fingerprint density at radius 1 is 1.06 bits per heavy atom. The molecule has 0 spiro atoms. The number of benzene rings is 2. The van der Waals surface area contributed by atoms with Gasteiger partial charge in [-0.15, -0.1) is 0 Å². The summed E-state index contributed by atoms with van der Waals surface area (Å²) in [5.41, 5.74) is 7.92. The zero-order valence-electron chi connectivity index (χ0n) is 9.64. The summed E-state index contributed by atoms with van der Waals surface area (Å²) in [5, 5.41) is 0. The second-order valence-corrected chi connectivity index (χ2v) is 3.86. The molecule has 0 heterocycles. The van der Waals surface area contributed by atoms with Crippen molar-refractivity contribution in [2.75, 3.05) is 5.73 Å². The molecule has 2 aromatic rings. The standard InChI is InChI=1S/C15H12FNO/c16-15(18)13-8-9-14(17)12(10-13)7-6-11-4-2-1-3-5-11/h1-10H,17H2. The summed E-state index contributed by atoms with van der Waals surface area (Å²) < 4.78 is 12.6. The molecule has 0 amide bonds. The Balaban J connectivity index is 2.31. The molecule has 0 saturated heterocycles. The molecule has 2 aromatic carbocycles. The Morgan fingerprint density at radius 2 is 1.78 bits per heavy atom. The Morgan fingerprint density at radius 3 is 2.44 bits per heavy atom. The highest BCUT2D eigenvalue weighted by Gasteiger charge is 2.05. The van der Waals surface area contributed by atoms with Crippen molar-refractivity contribution in [3.8, 4) is 0 Å². The lowest BCUT2D eigenvalue weighted by Crippen LogP contribution is -1.94. The van der Waals surface area contributed by atoms with E-state index in [0.29, 0.717) is 11.3 Å². The third-order valence-electron chi connectivity index (χ3n) is 2.57. The summed E-state index contributed by atoms with van der Waals surface area (Å²) in [6.45, 7) is 0. The lowest BCUT2D eigenvalue weighted by Gasteiger charge is -2.01. The number of nitrogens with two attached hydrogens (primary N) is 1. The SMILES string of the molecule is Nc1ccc(C(=O)F)cc1C=Cc1ccccc1. The number of anilines is 1. The van der Waals surface area contributed by atoms with Crippen molar-refractivity contribution in [2.45, 2.75) is 0 Å². The Labute approximate surface area is 105 Å². The average molecular weight is 241 g/mol. The Hall–Kier alpha value is -2.42. The van der Waals surface area contributed by atoms with Gasteiger partial charge in [0.25, 0.3) is 0 Å². The molecule has 0 atom stereocenters. The first-order chi connectivity index (χ1) is 8.66. The van der Waals surface area contributed by atoms with Crippen LogP contribution in [0.25, 0.3) is 12.2 Å². The Kier molecular flexibility index (Phi) is 3.53. The van der Waals surface area contributed by atoms with Gasteiger partial charge in [-0.1, -0.05) is 42.5 Å². The molecule has 2 rings (SSSR count). The number of halogens is 1. The van der Waals surface area contributed by atoms with Gasteiger partial charge in [0.05, 0.1) is 5.56 Å². The van der Waals surface area contributed by atoms with Crippen molar-refractivity contribution in [3.05, 3.63) is 65.2 Å². The van der Waals surface area contributed by atoms with Crippen LogP contribution in [0.4, 0.5) is 10.1 Å². The molecular formula is C15H12FNO. The van der Waals surface area contributed by atoms with Gasteiger partial charge >= 0.3 is 6.04 Å². The van der Waals surface area contributed by atoms with Crippen molar-refractivity contribution in [3.63, 3.8) is 0 Å². The number of rotatable bonds is 3. The van der Waals surface area contributed by atoms with E-state index in [4.69, 9.17) is 5.73 Å². The highest BCUT2D eigenvalue weighted by Crippen LogP contribution is 2.18. The quantitative estimate of drug-likeness (QED) is 0.507. The number of hydrogen-bond acceptors (Lipinski definition) is 2. The predicted octanol–water partition coefficient (Wildman–Crippen LogP) is 3.55. The third-order valence-corrected chi connectivity index (χ3v) is 2.57. The Bertz CT molecular complexity index is 591. The monoisotopic (exact) mass is 241 g/mol. The lowest BCUT2D eigenvalue weighted by atomic mass is 10.1. The minimum atomic E-state index is -1.45. The molecule has 0 aromatic heterocycles. The van der Waals surface area contributed by atoms with Gasteiger partial charge in [-0.05, 0) is 29.3 Å². The molecule has 0 unspecified atom stereocenters. The first kappa shape index (κ1) is 12.0. The van der Waals surface area contributed by atoms with E-state index in [0.717, 1.165) is 5.56 Å². The van der Waals surface area contributed by atoms with Gasteiger partial charge in [0.1, 0.15) is 0 Å². The van der Waals surface area contributed by atoms with Crippen LogP contribution in [-0.4, -0.2) is 6.04 Å². The van der Waals surface area contributed by atoms with E-state index in [1.807, 2.05) is 36.4 Å². The number of nitrogen functional groups attached to an aromatic ring is 1. The molecule has 0 radical (unpaired) electrons. The minimum Gasteiger partial charge on any atom is -0.398 e. The zero-order chi connectivity index (χ0) is 13.0. The topological polar surface area (TPSA) is 43.1 Å². The molecule has 0 bridgehead atoms. The average Bonchev–Trinajstić information content (AvgIpc) is 2.38. The summed E-state index contributed by atoms with van der Waals surface area (Å²) >= 11 is 0. The second-order valence-electron chi connectivity index (χ2n) is 3.86. The van der Waals surface area contributed by atoms with Crippen LogP contribution in [0.1, 0.15) is 21.5 Å². The molecule has 3 heteroatoms. The van der Waals surface area contributed by atoms with Crippen molar-refractivity contribution < 1.29 is 9.18 Å². The van der Waals surface area contributed by atoms with Crippen LogP contribution in [0, 0.1) is 0 Å². The molecule has 0 fully saturated rings. The molecule has 18 heavy (non-hydrogen) atoms. The van der Waals surface area contributed by atoms with Crippen molar-refractivity contribution in [2.24, 2.45) is 0 Å². The molecule has 0 aliphatic heterocycles. The molecule has 90 valence electrons. The van der Waals surface area contributed by atoms with Crippen LogP contribution in [0.2, 0.25) is 0 Å². The van der Waals surface area contributed by atoms with Crippen molar-refractivity contribution >= 4 is 23.9 Å². The molecule has 0 saturated carbocycles. The van der Waals surface area contributed by atoms with Crippen LogP contribution in [-0.2, 0) is 0 Å². The third kappa shape index (κ3) is 2.83. The van der Waals surface area contributed by atoms with E-state index in [1.54, 1.807) is 6.08 Å². The first-order valence-corrected chi connectivity index (χ1v) is 5.49. The van der Waals surface area contributed by atoms with Gasteiger partial charge in [0, 0.05) is 5.69 Å². The normalized spacial score (nSPS) is 10.7. The second kappa shape index (κ2) is 5.27. The summed E-state index contributed by atoms with van der Waals surface area (Å²) in [7, 11) is 0. The van der Waals surface area contributed by atoms with E-state index in [1.165, 1.54) is 18.2 Å². The zero-order valence-corrected chi connectivity index (χ0v) is 9.64. The summed E-state index contributed by atoms with van der Waals surface area (Å²) in [6.07, 6.45) is 3.62. The van der Waals surface area contributed by atoms with E-state index < -0.39 is 6.04 Å². The lowest BCUT2D eigenvalue weighted by molar-refractivity contribution is 0.0836. The molecule has 0 aliphatic carbocycles. The van der Waals surface area contributed by atoms with Gasteiger partial charge in [-0.3, -0.25) is 4.79 Å². The molecule has 2 nitrogen and oxygen atoms in total. The fraction of sp³-hybridized carbons (Fsp3) is 0. The van der Waals surface area contributed by atoms with Crippen LogP contribution in [0.3, 0.4) is 0 Å². The van der Waals surface area contributed by atoms with Gasteiger partial charge in [0.15, 0.2) is 0 Å². The van der Waals surface area contributed by atoms with E-state index >= 15 is 0 Å². The smallest absolute Gasteiger partial charge is 0.332 e.